The van der Waals surface area contributed by atoms with Crippen molar-refractivity contribution in [3.05, 3.63) is 0 Å². The van der Waals surface area contributed by atoms with Crippen molar-refractivity contribution >= 4 is 22.8 Å². The molecule has 100 valence electrons. The molecule has 0 heterocycles. The summed E-state index contributed by atoms with van der Waals surface area (Å²) in [6.45, 7) is 3.89. The van der Waals surface area contributed by atoms with Gasteiger partial charge in [0.15, 0.2) is 0 Å². The monoisotopic (exact) mass is 264 g/mol. The first-order valence-electron chi connectivity index (χ1n) is 5.47. The zero-order valence-electron chi connectivity index (χ0n) is 10.4. The van der Waals surface area contributed by atoms with E-state index < -0.39 is 28.8 Å². The van der Waals surface area contributed by atoms with Gasteiger partial charge in [-0.05, 0) is 12.8 Å². The molecule has 0 bridgehead atoms. The molecule has 0 aromatic rings. The molecule has 0 aliphatic rings. The molecule has 0 fully saturated rings. The van der Waals surface area contributed by atoms with Gasteiger partial charge in [-0.15, -0.1) is 0 Å². The maximum Gasteiger partial charge on any atom is 0.326 e. The average Bonchev–Trinajstić information content (AvgIpc) is 2.25. The lowest BCUT2D eigenvalue weighted by Crippen LogP contribution is -2.46. The third kappa shape index (κ3) is 6.93. The second kappa shape index (κ2) is 8.05. The largest absolute Gasteiger partial charge is 0.480 e. The molecule has 7 heteroatoms. The first-order valence-corrected chi connectivity index (χ1v) is 7.10. The van der Waals surface area contributed by atoms with Crippen molar-refractivity contribution in [3.8, 4) is 0 Å². The highest BCUT2D eigenvalue weighted by Gasteiger charge is 2.17. The minimum absolute atomic E-state index is 0.0109. The normalized spacial score (nSPS) is 15.7. The number of hydrogen-bond acceptors (Lipinski definition) is 3. The Kier molecular flexibility index (Phi) is 7.53. The zero-order chi connectivity index (χ0) is 13.4. The number of rotatable bonds is 7. The third-order valence-electron chi connectivity index (χ3n) is 2.41. The van der Waals surface area contributed by atoms with Crippen LogP contribution in [0, 0.1) is 0 Å². The quantitative estimate of drug-likeness (QED) is 0.616. The fourth-order valence-electron chi connectivity index (χ4n) is 1.10. The summed E-state index contributed by atoms with van der Waals surface area (Å²) in [7, 11) is -0.911. The molecule has 2 amide bonds. The SMILES string of the molecule is CCC(NC(=O)NCCC(C)S(C)=O)C(=O)O. The van der Waals surface area contributed by atoms with Crippen LogP contribution in [0.4, 0.5) is 4.79 Å². The maximum atomic E-state index is 11.3. The molecule has 0 saturated heterocycles. The molecule has 6 nitrogen and oxygen atoms in total. The number of urea groups is 1. The van der Waals surface area contributed by atoms with Crippen molar-refractivity contribution in [1.82, 2.24) is 10.6 Å². The summed E-state index contributed by atoms with van der Waals surface area (Å²) in [5, 5.41) is 13.6. The summed E-state index contributed by atoms with van der Waals surface area (Å²) in [5.74, 6) is -1.05. The van der Waals surface area contributed by atoms with Crippen molar-refractivity contribution in [2.45, 2.75) is 38.0 Å². The summed E-state index contributed by atoms with van der Waals surface area (Å²) in [6.07, 6.45) is 2.54. The number of nitrogens with one attached hydrogen (secondary N) is 2. The highest BCUT2D eigenvalue weighted by atomic mass is 32.2. The van der Waals surface area contributed by atoms with Crippen LogP contribution in [-0.2, 0) is 15.6 Å². The van der Waals surface area contributed by atoms with E-state index in [0.717, 1.165) is 0 Å². The van der Waals surface area contributed by atoms with Crippen molar-refractivity contribution in [1.29, 1.82) is 0 Å². The van der Waals surface area contributed by atoms with E-state index in [1.807, 2.05) is 6.92 Å². The van der Waals surface area contributed by atoms with Crippen LogP contribution in [0.3, 0.4) is 0 Å². The molecule has 0 spiro atoms. The van der Waals surface area contributed by atoms with E-state index >= 15 is 0 Å². The Labute approximate surface area is 104 Å². The van der Waals surface area contributed by atoms with Gasteiger partial charge in [0, 0.05) is 28.9 Å². The van der Waals surface area contributed by atoms with E-state index in [0.29, 0.717) is 19.4 Å². The molecule has 17 heavy (non-hydrogen) atoms. The summed E-state index contributed by atoms with van der Waals surface area (Å²) < 4.78 is 11.0. The van der Waals surface area contributed by atoms with Crippen molar-refractivity contribution in [2.24, 2.45) is 0 Å². The van der Waals surface area contributed by atoms with Crippen LogP contribution < -0.4 is 10.6 Å². The van der Waals surface area contributed by atoms with Gasteiger partial charge in [0.1, 0.15) is 6.04 Å². The summed E-state index contributed by atoms with van der Waals surface area (Å²) in [5.41, 5.74) is 0. The lowest BCUT2D eigenvalue weighted by molar-refractivity contribution is -0.139. The van der Waals surface area contributed by atoms with Gasteiger partial charge in [-0.25, -0.2) is 9.59 Å². The van der Waals surface area contributed by atoms with E-state index in [2.05, 4.69) is 10.6 Å². The van der Waals surface area contributed by atoms with Gasteiger partial charge in [0.2, 0.25) is 0 Å². The highest BCUT2D eigenvalue weighted by Crippen LogP contribution is 1.97. The minimum atomic E-state index is -1.05. The summed E-state index contributed by atoms with van der Waals surface area (Å²) >= 11 is 0. The first-order chi connectivity index (χ1) is 7.88. The maximum absolute atomic E-state index is 11.3. The van der Waals surface area contributed by atoms with Gasteiger partial charge < -0.3 is 15.7 Å². The van der Waals surface area contributed by atoms with Crippen molar-refractivity contribution in [3.63, 3.8) is 0 Å². The molecule has 0 aliphatic heterocycles. The second-order valence-electron chi connectivity index (χ2n) is 3.80. The van der Waals surface area contributed by atoms with Crippen LogP contribution in [0.25, 0.3) is 0 Å². The molecular formula is C10H20N2O4S. The van der Waals surface area contributed by atoms with Gasteiger partial charge in [-0.3, -0.25) is 4.21 Å². The van der Waals surface area contributed by atoms with Crippen LogP contribution >= 0.6 is 0 Å². The van der Waals surface area contributed by atoms with Gasteiger partial charge >= 0.3 is 12.0 Å². The fraction of sp³-hybridized carbons (Fsp3) is 0.800. The molecular weight excluding hydrogens is 244 g/mol. The van der Waals surface area contributed by atoms with Crippen LogP contribution in [-0.4, -0.2) is 45.4 Å². The molecule has 0 rings (SSSR count). The first kappa shape index (κ1) is 15.9. The van der Waals surface area contributed by atoms with E-state index in [9.17, 15) is 13.8 Å². The summed E-state index contributed by atoms with van der Waals surface area (Å²) in [4.78, 5) is 22.0. The molecule has 3 atom stereocenters. The molecule has 0 aromatic heterocycles. The van der Waals surface area contributed by atoms with Gasteiger partial charge in [-0.1, -0.05) is 13.8 Å². The van der Waals surface area contributed by atoms with Gasteiger partial charge in [-0.2, -0.15) is 0 Å². The highest BCUT2D eigenvalue weighted by molar-refractivity contribution is 7.84. The van der Waals surface area contributed by atoms with Gasteiger partial charge in [0.25, 0.3) is 0 Å². The number of carboxylic acids is 1. The topological polar surface area (TPSA) is 95.5 Å². The third-order valence-corrected chi connectivity index (χ3v) is 3.78. The molecule has 0 radical (unpaired) electrons. The van der Waals surface area contributed by atoms with Gasteiger partial charge in [0.05, 0.1) is 0 Å². The Bertz CT molecular complexity index is 296. The zero-order valence-corrected chi connectivity index (χ0v) is 11.2. The standard InChI is InChI=1S/C10H20N2O4S/c1-4-8(9(13)14)12-10(15)11-6-5-7(2)17(3)16/h7-8H,4-6H2,1-3H3,(H,13,14)(H2,11,12,15). The average molecular weight is 264 g/mol. The fourth-order valence-corrected chi connectivity index (χ4v) is 1.55. The molecule has 0 saturated carbocycles. The minimum Gasteiger partial charge on any atom is -0.480 e. The number of aliphatic carboxylic acids is 1. The molecule has 3 N–H and O–H groups in total. The molecule has 0 aliphatic carbocycles. The lowest BCUT2D eigenvalue weighted by Gasteiger charge is -2.14. The molecule has 3 unspecified atom stereocenters. The van der Waals surface area contributed by atoms with E-state index in [1.54, 1.807) is 13.2 Å². The Morgan fingerprint density at radius 2 is 2.00 bits per heavy atom. The molecule has 0 aromatic carbocycles. The van der Waals surface area contributed by atoms with Crippen LogP contribution in [0.1, 0.15) is 26.7 Å². The van der Waals surface area contributed by atoms with Crippen LogP contribution in [0.15, 0.2) is 0 Å². The van der Waals surface area contributed by atoms with E-state index in [1.165, 1.54) is 0 Å². The number of carboxylic acid groups (broad SMARTS) is 1. The number of carbonyl (C=O) groups excluding carboxylic acids is 1. The Morgan fingerprint density at radius 1 is 1.41 bits per heavy atom. The predicted molar refractivity (Wildman–Crippen MR) is 66.4 cm³/mol. The van der Waals surface area contributed by atoms with Crippen molar-refractivity contribution in [2.75, 3.05) is 12.8 Å². The van der Waals surface area contributed by atoms with Crippen LogP contribution in [0.5, 0.6) is 0 Å². The van der Waals surface area contributed by atoms with E-state index in [-0.39, 0.29) is 5.25 Å². The Hall–Kier alpha value is -1.11. The van der Waals surface area contributed by atoms with E-state index in [4.69, 9.17) is 5.11 Å². The Balaban J connectivity index is 3.87. The second-order valence-corrected chi connectivity index (χ2v) is 5.60. The smallest absolute Gasteiger partial charge is 0.326 e. The van der Waals surface area contributed by atoms with Crippen LogP contribution in [0.2, 0.25) is 0 Å². The van der Waals surface area contributed by atoms with Crippen molar-refractivity contribution < 1.29 is 18.9 Å². The Morgan fingerprint density at radius 3 is 2.41 bits per heavy atom. The number of hydrogen-bond donors (Lipinski definition) is 3. The predicted octanol–water partition coefficient (Wildman–Crippen LogP) is 0.306. The number of amides is 2. The lowest BCUT2D eigenvalue weighted by atomic mass is 10.2. The number of carbonyl (C=O) groups is 2. The summed E-state index contributed by atoms with van der Waals surface area (Å²) in [6, 6.07) is -1.37.